The van der Waals surface area contributed by atoms with Crippen molar-refractivity contribution in [3.63, 3.8) is 0 Å². The molecule has 282 valence electrons. The second kappa shape index (κ2) is 12.0. The fourth-order valence-corrected chi connectivity index (χ4v) is 11.0. The van der Waals surface area contributed by atoms with E-state index in [0.717, 1.165) is 66.1 Å². The molecule has 2 aliphatic carbocycles. The maximum Gasteiger partial charge on any atom is 0.101 e. The van der Waals surface area contributed by atoms with Crippen LogP contribution in [0.25, 0.3) is 88.4 Å². The Morgan fingerprint density at radius 1 is 0.417 bits per heavy atom. The fourth-order valence-electron chi connectivity index (χ4n) is 11.0. The largest absolute Gasteiger partial charge is 0.307 e. The molecule has 0 radical (unpaired) electrons. The smallest absolute Gasteiger partial charge is 0.101 e. The van der Waals surface area contributed by atoms with Crippen LogP contribution in [0.4, 0.5) is 0 Å². The summed E-state index contributed by atoms with van der Waals surface area (Å²) >= 11 is 0. The van der Waals surface area contributed by atoms with Crippen molar-refractivity contribution in [1.29, 1.82) is 10.5 Å². The zero-order chi connectivity index (χ0) is 40.7. The van der Waals surface area contributed by atoms with E-state index in [0.29, 0.717) is 11.1 Å². The number of fused-ring (bicyclic) bond motifs is 12. The van der Waals surface area contributed by atoms with E-state index >= 15 is 0 Å². The summed E-state index contributed by atoms with van der Waals surface area (Å²) < 4.78 is 4.75. The van der Waals surface area contributed by atoms with Crippen LogP contribution in [0.1, 0.15) is 61.1 Å². The summed E-state index contributed by atoms with van der Waals surface area (Å²) in [7, 11) is 0. The molecule has 2 aromatic heterocycles. The third-order valence-electron chi connectivity index (χ3n) is 13.8. The number of nitrogens with zero attached hydrogens (tertiary/aromatic N) is 4. The van der Waals surface area contributed by atoms with E-state index in [9.17, 15) is 10.5 Å². The molecule has 2 heterocycles. The minimum atomic E-state index is -0.230. The Labute approximate surface area is 348 Å². The molecule has 8 aromatic carbocycles. The maximum atomic E-state index is 11.1. The summed E-state index contributed by atoms with van der Waals surface area (Å²) in [5.41, 5.74) is 18.0. The van der Waals surface area contributed by atoms with Gasteiger partial charge in [-0.15, -0.1) is 0 Å². The first-order chi connectivity index (χ1) is 29.2. The first-order valence-electron chi connectivity index (χ1n) is 20.6. The molecule has 0 fully saturated rings. The van der Waals surface area contributed by atoms with E-state index in [-0.39, 0.29) is 10.8 Å². The average Bonchev–Trinajstić information content (AvgIpc) is 3.93. The zero-order valence-corrected chi connectivity index (χ0v) is 33.8. The predicted octanol–water partition coefficient (Wildman–Crippen LogP) is 13.9. The third kappa shape index (κ3) is 4.32. The highest BCUT2D eigenvalue weighted by Crippen LogP contribution is 2.54. The minimum Gasteiger partial charge on any atom is -0.307 e. The average molecular weight is 767 g/mol. The van der Waals surface area contributed by atoms with Crippen LogP contribution in [0.3, 0.4) is 0 Å². The SMILES string of the molecule is CC1(C)c2ccccc2-c2cc3c4ccccc4n(-c4cc(C#N)c(C#N)c(-c5ccccc5)c4-n4c5ccccc5c5cc6c(cc54)C(C)(C)c4ccccc4-6)c3cc21. The first kappa shape index (κ1) is 34.4. The second-order valence-electron chi connectivity index (χ2n) is 17.5. The van der Waals surface area contributed by atoms with Crippen LogP contribution < -0.4 is 0 Å². The number of benzene rings is 8. The van der Waals surface area contributed by atoms with E-state index < -0.39 is 0 Å². The van der Waals surface area contributed by atoms with Gasteiger partial charge >= 0.3 is 0 Å². The van der Waals surface area contributed by atoms with Gasteiger partial charge in [-0.2, -0.15) is 10.5 Å². The Balaban J connectivity index is 1.29. The van der Waals surface area contributed by atoms with Gasteiger partial charge in [0.25, 0.3) is 0 Å². The van der Waals surface area contributed by atoms with Crippen molar-refractivity contribution in [2.45, 2.75) is 38.5 Å². The van der Waals surface area contributed by atoms with Gasteiger partial charge in [0.15, 0.2) is 0 Å². The fraction of sp³-hybridized carbons (Fsp3) is 0.107. The van der Waals surface area contributed by atoms with Crippen molar-refractivity contribution in [2.24, 2.45) is 0 Å². The highest BCUT2D eigenvalue weighted by molar-refractivity contribution is 6.15. The van der Waals surface area contributed by atoms with Gasteiger partial charge in [0.1, 0.15) is 12.1 Å². The van der Waals surface area contributed by atoms with E-state index in [1.54, 1.807) is 0 Å². The number of aromatic nitrogens is 2. The van der Waals surface area contributed by atoms with Crippen LogP contribution >= 0.6 is 0 Å². The standard InChI is InChI=1S/C56H38N4/c1-55(2)44-22-12-8-18-35(44)39-27-41-37-20-10-14-24-48(37)59(50(41)29-46(39)55)52-26-34(31-57)43(32-58)53(33-16-6-5-7-17-33)54(52)60-49-25-15-11-21-38(49)42-28-40-36-19-9-13-23-45(36)56(3,4)47(40)30-51(42)60/h5-30H,1-4H3. The van der Waals surface area contributed by atoms with Crippen molar-refractivity contribution in [3.05, 3.63) is 191 Å². The number of hydrogen-bond donors (Lipinski definition) is 0. The van der Waals surface area contributed by atoms with Crippen LogP contribution in [0.2, 0.25) is 0 Å². The molecule has 0 saturated heterocycles. The predicted molar refractivity (Wildman–Crippen MR) is 245 cm³/mol. The van der Waals surface area contributed by atoms with Gasteiger partial charge in [-0.05, 0) is 92.5 Å². The first-order valence-corrected chi connectivity index (χ1v) is 20.6. The lowest BCUT2D eigenvalue weighted by Crippen LogP contribution is -2.15. The van der Waals surface area contributed by atoms with Crippen LogP contribution in [0.15, 0.2) is 158 Å². The maximum absolute atomic E-state index is 11.1. The van der Waals surface area contributed by atoms with E-state index in [4.69, 9.17) is 0 Å². The zero-order valence-electron chi connectivity index (χ0n) is 33.8. The monoisotopic (exact) mass is 766 g/mol. The van der Waals surface area contributed by atoms with E-state index in [1.807, 2.05) is 24.3 Å². The van der Waals surface area contributed by atoms with E-state index in [2.05, 4.69) is 182 Å². The van der Waals surface area contributed by atoms with Gasteiger partial charge in [0.05, 0.1) is 44.6 Å². The molecule has 0 unspecified atom stereocenters. The summed E-state index contributed by atoms with van der Waals surface area (Å²) in [6.45, 7) is 9.29. The Kier molecular flexibility index (Phi) is 6.85. The summed E-state index contributed by atoms with van der Waals surface area (Å²) in [6.07, 6.45) is 0. The molecule has 10 aromatic rings. The Morgan fingerprint density at radius 3 is 1.45 bits per heavy atom. The minimum absolute atomic E-state index is 0.223. The quantitative estimate of drug-likeness (QED) is 0.180. The molecule has 60 heavy (non-hydrogen) atoms. The Hall–Kier alpha value is -7.66. The molecule has 0 bridgehead atoms. The number of rotatable bonds is 3. The summed E-state index contributed by atoms with van der Waals surface area (Å²) in [5, 5.41) is 26.6. The van der Waals surface area contributed by atoms with Gasteiger partial charge in [0, 0.05) is 37.9 Å². The van der Waals surface area contributed by atoms with Crippen LogP contribution in [-0.2, 0) is 10.8 Å². The summed E-state index contributed by atoms with van der Waals surface area (Å²) in [5.74, 6) is 0. The lowest BCUT2D eigenvalue weighted by Gasteiger charge is -2.24. The van der Waals surface area contributed by atoms with Gasteiger partial charge in [-0.1, -0.05) is 143 Å². The van der Waals surface area contributed by atoms with Crippen molar-refractivity contribution in [1.82, 2.24) is 9.13 Å². The molecule has 0 atom stereocenters. The highest BCUT2D eigenvalue weighted by Gasteiger charge is 2.38. The van der Waals surface area contributed by atoms with Crippen molar-refractivity contribution in [3.8, 4) is 56.9 Å². The highest BCUT2D eigenvalue weighted by atomic mass is 15.1. The van der Waals surface area contributed by atoms with Crippen molar-refractivity contribution < 1.29 is 0 Å². The molecule has 0 spiro atoms. The molecule has 12 rings (SSSR count). The number of hydrogen-bond acceptors (Lipinski definition) is 2. The molecule has 0 amide bonds. The lowest BCUT2D eigenvalue weighted by molar-refractivity contribution is 0.660. The third-order valence-corrected chi connectivity index (χ3v) is 13.8. The molecule has 0 saturated carbocycles. The van der Waals surface area contributed by atoms with Crippen molar-refractivity contribution >= 4 is 43.6 Å². The Morgan fingerprint density at radius 2 is 0.900 bits per heavy atom. The Bertz CT molecular complexity index is 3620. The molecular formula is C56H38N4. The van der Waals surface area contributed by atoms with Crippen LogP contribution in [-0.4, -0.2) is 9.13 Å². The molecule has 4 heteroatoms. The number of nitriles is 2. The topological polar surface area (TPSA) is 57.4 Å². The molecule has 0 N–H and O–H groups in total. The summed E-state index contributed by atoms with van der Waals surface area (Å²) in [6, 6.07) is 61.5. The molecular weight excluding hydrogens is 729 g/mol. The second-order valence-corrected chi connectivity index (χ2v) is 17.5. The van der Waals surface area contributed by atoms with Gasteiger partial charge in [-0.3, -0.25) is 0 Å². The van der Waals surface area contributed by atoms with Gasteiger partial charge < -0.3 is 9.13 Å². The summed E-state index contributed by atoms with van der Waals surface area (Å²) in [4.78, 5) is 0. The van der Waals surface area contributed by atoms with Gasteiger partial charge in [-0.25, -0.2) is 0 Å². The molecule has 4 nitrogen and oxygen atoms in total. The molecule has 0 aliphatic heterocycles. The lowest BCUT2D eigenvalue weighted by atomic mass is 9.82. The molecule has 2 aliphatic rings. The van der Waals surface area contributed by atoms with Crippen LogP contribution in [0, 0.1) is 22.7 Å². The van der Waals surface area contributed by atoms with Crippen LogP contribution in [0.5, 0.6) is 0 Å². The van der Waals surface area contributed by atoms with E-state index in [1.165, 1.54) is 44.5 Å². The normalized spacial score (nSPS) is 14.2. The van der Waals surface area contributed by atoms with Crippen molar-refractivity contribution in [2.75, 3.05) is 0 Å². The number of para-hydroxylation sites is 2. The van der Waals surface area contributed by atoms with Gasteiger partial charge in [0.2, 0.25) is 0 Å².